The molecule has 4 rings (SSSR count). The van der Waals surface area contributed by atoms with E-state index in [-0.39, 0.29) is 18.5 Å². The van der Waals surface area contributed by atoms with E-state index in [1.54, 1.807) is 0 Å². The minimum atomic E-state index is -5.72. The van der Waals surface area contributed by atoms with Gasteiger partial charge in [0.25, 0.3) is 6.10 Å². The predicted molar refractivity (Wildman–Crippen MR) is 118 cm³/mol. The van der Waals surface area contributed by atoms with Crippen molar-refractivity contribution in [2.75, 3.05) is 44.2 Å². The molecule has 0 aromatic heterocycles. The SMILES string of the molecule is O=C(OC(C(F)(F)F)C(F)(F)F)N1CCC2(CCN(Cc3ccc(Cl)c(N4CCCC4)c3)CC2)C1. The highest BCUT2D eigenvalue weighted by molar-refractivity contribution is 6.33. The highest BCUT2D eigenvalue weighted by Gasteiger charge is 2.60. The van der Waals surface area contributed by atoms with Crippen LogP contribution in [-0.2, 0) is 11.3 Å². The highest BCUT2D eigenvalue weighted by Crippen LogP contribution is 2.42. The summed E-state index contributed by atoms with van der Waals surface area (Å²) in [5.74, 6) is 0. The second kappa shape index (κ2) is 9.88. The Labute approximate surface area is 204 Å². The molecule has 3 aliphatic rings. The molecule has 0 bridgehead atoms. The van der Waals surface area contributed by atoms with Crippen LogP contribution in [0.2, 0.25) is 5.02 Å². The Bertz CT molecular complexity index is 897. The number of likely N-dealkylation sites (tertiary alicyclic amines) is 2. The van der Waals surface area contributed by atoms with Crippen molar-refractivity contribution in [3.63, 3.8) is 0 Å². The van der Waals surface area contributed by atoms with Crippen LogP contribution in [0.4, 0.5) is 36.8 Å². The Kier molecular flexibility index (Phi) is 7.39. The van der Waals surface area contributed by atoms with Crippen LogP contribution in [0.3, 0.4) is 0 Å². The van der Waals surface area contributed by atoms with E-state index in [0.717, 1.165) is 66.7 Å². The lowest BCUT2D eigenvalue weighted by Gasteiger charge is -2.39. The molecule has 1 amide bonds. The summed E-state index contributed by atoms with van der Waals surface area (Å²) in [6, 6.07) is 6.02. The number of rotatable bonds is 4. The van der Waals surface area contributed by atoms with Crippen LogP contribution in [0, 0.1) is 5.41 Å². The first-order valence-corrected chi connectivity index (χ1v) is 12.1. The van der Waals surface area contributed by atoms with Gasteiger partial charge in [0.05, 0.1) is 10.7 Å². The van der Waals surface area contributed by atoms with Crippen molar-refractivity contribution in [2.24, 2.45) is 5.41 Å². The maximum absolute atomic E-state index is 12.7. The van der Waals surface area contributed by atoms with Crippen LogP contribution >= 0.6 is 11.6 Å². The Morgan fingerprint density at radius 2 is 1.57 bits per heavy atom. The summed E-state index contributed by atoms with van der Waals surface area (Å²) in [5.41, 5.74) is 1.85. The molecule has 35 heavy (non-hydrogen) atoms. The molecule has 0 aliphatic carbocycles. The quantitative estimate of drug-likeness (QED) is 0.460. The third kappa shape index (κ3) is 6.10. The van der Waals surface area contributed by atoms with Gasteiger partial charge in [-0.1, -0.05) is 17.7 Å². The zero-order valence-electron chi connectivity index (χ0n) is 19.1. The number of benzene rings is 1. The van der Waals surface area contributed by atoms with E-state index in [9.17, 15) is 31.1 Å². The monoisotopic (exact) mass is 527 g/mol. The predicted octanol–water partition coefficient (Wildman–Crippen LogP) is 5.86. The molecule has 0 radical (unpaired) electrons. The molecule has 3 saturated heterocycles. The first-order valence-electron chi connectivity index (χ1n) is 11.7. The maximum Gasteiger partial charge on any atom is 0.434 e. The van der Waals surface area contributed by atoms with Gasteiger partial charge in [0.15, 0.2) is 0 Å². The fraction of sp³-hybridized carbons (Fsp3) is 0.696. The number of ether oxygens (including phenoxy) is 1. The van der Waals surface area contributed by atoms with Crippen molar-refractivity contribution >= 4 is 23.4 Å². The molecule has 196 valence electrons. The fourth-order valence-corrected chi connectivity index (χ4v) is 5.53. The molecule has 1 aromatic carbocycles. The lowest BCUT2D eigenvalue weighted by Crippen LogP contribution is -2.48. The van der Waals surface area contributed by atoms with Crippen LogP contribution in [0.5, 0.6) is 0 Å². The Hall–Kier alpha value is -1.88. The number of amides is 1. The van der Waals surface area contributed by atoms with Crippen molar-refractivity contribution in [1.82, 2.24) is 9.80 Å². The van der Waals surface area contributed by atoms with Crippen LogP contribution in [0.15, 0.2) is 18.2 Å². The third-order valence-corrected chi connectivity index (χ3v) is 7.61. The Morgan fingerprint density at radius 1 is 0.971 bits per heavy atom. The van der Waals surface area contributed by atoms with Crippen molar-refractivity contribution in [3.8, 4) is 0 Å². The summed E-state index contributed by atoms with van der Waals surface area (Å²) in [6.45, 7) is 4.32. The largest absolute Gasteiger partial charge is 0.434 e. The summed E-state index contributed by atoms with van der Waals surface area (Å²) in [6.07, 6.45) is -12.9. The van der Waals surface area contributed by atoms with Crippen LogP contribution < -0.4 is 4.90 Å². The summed E-state index contributed by atoms with van der Waals surface area (Å²) in [4.78, 5) is 17.7. The summed E-state index contributed by atoms with van der Waals surface area (Å²) in [7, 11) is 0. The molecule has 0 saturated carbocycles. The van der Waals surface area contributed by atoms with E-state index >= 15 is 0 Å². The third-order valence-electron chi connectivity index (χ3n) is 7.29. The number of piperidine rings is 1. The average molecular weight is 528 g/mol. The number of carbonyl (C=O) groups excluding carboxylic acids is 1. The van der Waals surface area contributed by atoms with Gasteiger partial charge in [-0.25, -0.2) is 4.79 Å². The zero-order valence-corrected chi connectivity index (χ0v) is 19.9. The lowest BCUT2D eigenvalue weighted by molar-refractivity contribution is -0.308. The van der Waals surface area contributed by atoms with Gasteiger partial charge in [-0.2, -0.15) is 26.3 Å². The maximum atomic E-state index is 12.7. The van der Waals surface area contributed by atoms with Gasteiger partial charge < -0.3 is 14.5 Å². The first-order chi connectivity index (χ1) is 16.4. The van der Waals surface area contributed by atoms with Crippen molar-refractivity contribution in [1.29, 1.82) is 0 Å². The second-order valence-electron chi connectivity index (χ2n) is 9.77. The second-order valence-corrected chi connectivity index (χ2v) is 10.2. The van der Waals surface area contributed by atoms with E-state index in [4.69, 9.17) is 11.6 Å². The number of nitrogens with zero attached hydrogens (tertiary/aromatic N) is 3. The summed E-state index contributed by atoms with van der Waals surface area (Å²) in [5, 5.41) is 0.726. The molecule has 3 heterocycles. The van der Waals surface area contributed by atoms with Gasteiger partial charge in [0.2, 0.25) is 0 Å². The van der Waals surface area contributed by atoms with Crippen molar-refractivity contribution < 1.29 is 35.9 Å². The number of halogens is 7. The molecular formula is C23H28ClF6N3O2. The number of anilines is 1. The first kappa shape index (κ1) is 26.2. The molecule has 5 nitrogen and oxygen atoms in total. The molecule has 0 N–H and O–H groups in total. The van der Waals surface area contributed by atoms with E-state index in [1.807, 2.05) is 12.1 Å². The lowest BCUT2D eigenvalue weighted by atomic mass is 9.77. The number of carbonyl (C=O) groups is 1. The van der Waals surface area contributed by atoms with Gasteiger partial charge >= 0.3 is 18.4 Å². The Morgan fingerprint density at radius 3 is 2.17 bits per heavy atom. The van der Waals surface area contributed by atoms with Gasteiger partial charge in [-0.3, -0.25) is 4.90 Å². The van der Waals surface area contributed by atoms with E-state index < -0.39 is 24.5 Å². The molecule has 3 aliphatic heterocycles. The van der Waals surface area contributed by atoms with Crippen molar-refractivity contribution in [2.45, 2.75) is 57.1 Å². The minimum Gasteiger partial charge on any atom is -0.426 e. The fourth-order valence-electron chi connectivity index (χ4n) is 5.29. The topological polar surface area (TPSA) is 36.0 Å². The molecular weight excluding hydrogens is 500 g/mol. The standard InChI is InChI=1S/C23H28ClF6N3O2/c24-17-4-3-16(13-18(17)32-8-1-2-9-32)14-31-10-5-21(6-11-31)7-12-33(15-21)20(34)35-19(22(25,26)27)23(28,29)30/h3-4,13,19H,1-2,5-12,14-15H2. The van der Waals surface area contributed by atoms with Gasteiger partial charge in [0, 0.05) is 32.7 Å². The smallest absolute Gasteiger partial charge is 0.426 e. The van der Waals surface area contributed by atoms with Crippen LogP contribution in [0.25, 0.3) is 0 Å². The summed E-state index contributed by atoms with van der Waals surface area (Å²) < 4.78 is 80.3. The highest BCUT2D eigenvalue weighted by atomic mass is 35.5. The van der Waals surface area contributed by atoms with Gasteiger partial charge in [0.1, 0.15) is 0 Å². The van der Waals surface area contributed by atoms with E-state index in [1.165, 1.54) is 0 Å². The van der Waals surface area contributed by atoms with E-state index in [0.29, 0.717) is 19.3 Å². The zero-order chi connectivity index (χ0) is 25.4. The average Bonchev–Trinajstić information content (AvgIpc) is 3.44. The van der Waals surface area contributed by atoms with Crippen LogP contribution in [0.1, 0.15) is 37.7 Å². The van der Waals surface area contributed by atoms with E-state index in [2.05, 4.69) is 20.6 Å². The van der Waals surface area contributed by atoms with Crippen LogP contribution in [-0.4, -0.2) is 73.6 Å². The molecule has 1 aromatic rings. The molecule has 12 heteroatoms. The Balaban J connectivity index is 1.31. The van der Waals surface area contributed by atoms with Gasteiger partial charge in [-0.05, 0) is 68.3 Å². The minimum absolute atomic E-state index is 0.0810. The van der Waals surface area contributed by atoms with Crippen molar-refractivity contribution in [3.05, 3.63) is 28.8 Å². The number of hydrogen-bond acceptors (Lipinski definition) is 4. The summed E-state index contributed by atoms with van der Waals surface area (Å²) >= 11 is 6.40. The van der Waals surface area contributed by atoms with Gasteiger partial charge in [-0.15, -0.1) is 0 Å². The normalized spacial score (nSPS) is 21.4. The molecule has 0 atom stereocenters. The number of hydrogen-bond donors (Lipinski definition) is 0. The molecule has 0 unspecified atom stereocenters. The molecule has 1 spiro atoms. The number of alkyl halides is 6. The molecule has 3 fully saturated rings.